The van der Waals surface area contributed by atoms with Crippen molar-refractivity contribution >= 4 is 23.9 Å². The molecule has 2 aromatic heterocycles. The monoisotopic (exact) mass is 989 g/mol. The van der Waals surface area contributed by atoms with Crippen LogP contribution in [0.2, 0.25) is 0 Å². The molecule has 10 heteroatoms. The maximum Gasteiger partial charge on any atom is 0.338 e. The first-order valence-corrected chi connectivity index (χ1v) is 29.1. The summed E-state index contributed by atoms with van der Waals surface area (Å²) in [7, 11) is 0. The molecule has 0 amide bonds. The maximum absolute atomic E-state index is 13.0. The average Bonchev–Trinajstić information content (AvgIpc) is 3.94. The highest BCUT2D eigenvalue weighted by atomic mass is 16.6. The molecule has 0 radical (unpaired) electrons. The number of esters is 4. The van der Waals surface area contributed by atoms with Gasteiger partial charge in [0.05, 0.1) is 11.1 Å². The Bertz CT molecular complexity index is 2080. The minimum atomic E-state index is -0.220. The number of hydrogen-bond donors (Lipinski definition) is 0. The Morgan fingerprint density at radius 2 is 0.875 bits per heavy atom. The van der Waals surface area contributed by atoms with Gasteiger partial charge in [0, 0.05) is 37.6 Å². The van der Waals surface area contributed by atoms with Crippen molar-refractivity contribution in [1.29, 1.82) is 0 Å². The van der Waals surface area contributed by atoms with E-state index in [-0.39, 0.29) is 49.3 Å². The van der Waals surface area contributed by atoms with Gasteiger partial charge in [-0.3, -0.25) is 19.6 Å². The third-order valence-electron chi connectivity index (χ3n) is 23.4. The van der Waals surface area contributed by atoms with Crippen LogP contribution in [0.3, 0.4) is 0 Å². The van der Waals surface area contributed by atoms with Crippen molar-refractivity contribution in [2.75, 3.05) is 13.2 Å². The summed E-state index contributed by atoms with van der Waals surface area (Å²) < 4.78 is 23.4. The Kier molecular flexibility index (Phi) is 15.1. The van der Waals surface area contributed by atoms with E-state index in [1.165, 1.54) is 77.0 Å². The van der Waals surface area contributed by atoms with Crippen molar-refractivity contribution < 1.29 is 38.1 Å². The SMILES string of the molecule is C[C@H](CCC(=O)OCCOC(=O)CC[C@@H](C)[C@H]1CC[C@H]2[C@@H]3CC[C@@H]4C[C@H](OC(=O)c5ccncc5)CC[C@]4(C)[C@H]3CC[C@]12C)[C@H]1CC[C@H]2[C@@H]3CC[C@@H]4C[C@H](OC(=O)c5ccncc5)CC[C@]4(C)[C@H]3CC[C@]12C. The number of fused-ring (bicyclic) bond motifs is 10. The fourth-order valence-electron chi connectivity index (χ4n) is 19.6. The highest BCUT2D eigenvalue weighted by molar-refractivity contribution is 5.89. The Morgan fingerprint density at radius 3 is 1.28 bits per heavy atom. The van der Waals surface area contributed by atoms with Crippen LogP contribution in [0.1, 0.15) is 204 Å². The van der Waals surface area contributed by atoms with Gasteiger partial charge in [-0.05, 0) is 245 Å². The van der Waals surface area contributed by atoms with E-state index in [2.05, 4.69) is 51.5 Å². The van der Waals surface area contributed by atoms with E-state index in [9.17, 15) is 19.2 Å². The zero-order valence-corrected chi connectivity index (χ0v) is 44.8. The van der Waals surface area contributed by atoms with Crippen molar-refractivity contribution in [3.63, 3.8) is 0 Å². The first-order chi connectivity index (χ1) is 34.6. The number of carbonyl (C=O) groups excluding carboxylic acids is 4. The summed E-state index contributed by atoms with van der Waals surface area (Å²) in [6.45, 7) is 15.3. The molecule has 0 saturated heterocycles. The van der Waals surface area contributed by atoms with Crippen molar-refractivity contribution in [2.45, 2.75) is 195 Å². The van der Waals surface area contributed by atoms with Crippen LogP contribution in [0.15, 0.2) is 49.1 Å². The summed E-state index contributed by atoms with van der Waals surface area (Å²) in [6, 6.07) is 6.96. The number of carbonyl (C=O) groups is 4. The van der Waals surface area contributed by atoms with Gasteiger partial charge in [-0.1, -0.05) is 41.5 Å². The molecule has 2 heterocycles. The summed E-state index contributed by atoms with van der Waals surface area (Å²) in [6.07, 6.45) is 30.5. The summed E-state index contributed by atoms with van der Waals surface area (Å²) in [5, 5.41) is 0. The molecule has 10 rings (SSSR count). The van der Waals surface area contributed by atoms with Crippen LogP contribution in [0, 0.1) is 92.7 Å². The number of aromatic nitrogens is 2. The number of pyridine rings is 2. The maximum atomic E-state index is 13.0. The van der Waals surface area contributed by atoms with Crippen molar-refractivity contribution in [3.05, 3.63) is 60.2 Å². The number of hydrogen-bond acceptors (Lipinski definition) is 10. The van der Waals surface area contributed by atoms with E-state index in [1.807, 2.05) is 0 Å². The van der Waals surface area contributed by atoms with E-state index in [4.69, 9.17) is 18.9 Å². The summed E-state index contributed by atoms with van der Waals surface area (Å²) in [5.41, 5.74) is 2.42. The largest absolute Gasteiger partial charge is 0.462 e. The van der Waals surface area contributed by atoms with Gasteiger partial charge in [-0.25, -0.2) is 9.59 Å². The van der Waals surface area contributed by atoms with Gasteiger partial charge in [0.1, 0.15) is 25.4 Å². The standard InChI is InChI=1S/C62H88N2O8/c1-39(49-13-15-51-47-11-9-43-37-45(71-57(67)41-23-31-63-32-24-41)19-27-59(43,3)53(47)21-29-61(49,51)5)7-17-55(65)69-35-36-70-56(66)18-8-40(2)50-14-16-52-48-12-10-44-38-46(72-58(68)42-25-33-64-34-26-42)20-28-60(44,4)54(48)22-30-62(50,52)6/h23-26,31-34,39-40,43-54H,7-22,27-30,35-38H2,1-6H3/t39-,40-,43-,44-,45-,46-,47+,48+,49-,50-,51+,52+,53+,54+,59+,60+,61-,62-/m1/s1. The lowest BCUT2D eigenvalue weighted by Gasteiger charge is -2.61. The summed E-state index contributed by atoms with van der Waals surface area (Å²) in [4.78, 5) is 60.0. The molecular weight excluding hydrogens is 901 g/mol. The molecule has 0 unspecified atom stereocenters. The van der Waals surface area contributed by atoms with Crippen LogP contribution in [-0.4, -0.2) is 59.3 Å². The second-order valence-corrected chi connectivity index (χ2v) is 26.3. The highest BCUT2D eigenvalue weighted by Gasteiger charge is 2.62. The van der Waals surface area contributed by atoms with Gasteiger partial charge in [0.15, 0.2) is 0 Å². The average molecular weight is 989 g/mol. The van der Waals surface area contributed by atoms with Gasteiger partial charge < -0.3 is 18.9 Å². The Hall–Kier alpha value is -3.82. The van der Waals surface area contributed by atoms with Crippen LogP contribution in [0.4, 0.5) is 0 Å². The molecule has 0 spiro atoms. The van der Waals surface area contributed by atoms with E-state index >= 15 is 0 Å². The van der Waals surface area contributed by atoms with Crippen molar-refractivity contribution in [3.8, 4) is 0 Å². The molecule has 8 saturated carbocycles. The quantitative estimate of drug-likeness (QED) is 0.0965. The molecule has 2 aromatic rings. The number of ether oxygens (including phenoxy) is 4. The molecule has 0 bridgehead atoms. The van der Waals surface area contributed by atoms with E-state index in [0.717, 1.165) is 86.9 Å². The first-order valence-electron chi connectivity index (χ1n) is 29.1. The van der Waals surface area contributed by atoms with Crippen molar-refractivity contribution in [1.82, 2.24) is 9.97 Å². The zero-order valence-electron chi connectivity index (χ0n) is 44.8. The predicted octanol–water partition coefficient (Wildman–Crippen LogP) is 13.5. The van der Waals surface area contributed by atoms with Gasteiger partial charge in [0.25, 0.3) is 0 Å². The van der Waals surface area contributed by atoms with Crippen LogP contribution >= 0.6 is 0 Å². The molecule has 8 aliphatic carbocycles. The van der Waals surface area contributed by atoms with E-state index in [0.29, 0.717) is 81.1 Å². The molecule has 0 aliphatic heterocycles. The first kappa shape index (κ1) is 51.7. The number of rotatable bonds is 15. The van der Waals surface area contributed by atoms with Crippen molar-refractivity contribution in [2.24, 2.45) is 92.7 Å². The van der Waals surface area contributed by atoms with Crippen LogP contribution in [0.25, 0.3) is 0 Å². The minimum Gasteiger partial charge on any atom is -0.462 e. The Balaban J connectivity index is 0.618. The second kappa shape index (κ2) is 21.1. The molecule has 72 heavy (non-hydrogen) atoms. The molecule has 10 nitrogen and oxygen atoms in total. The van der Waals surface area contributed by atoms with Crippen LogP contribution < -0.4 is 0 Å². The zero-order chi connectivity index (χ0) is 50.4. The molecule has 8 fully saturated rings. The molecule has 0 N–H and O–H groups in total. The lowest BCUT2D eigenvalue weighted by molar-refractivity contribution is -0.153. The fourth-order valence-corrected chi connectivity index (χ4v) is 19.6. The lowest BCUT2D eigenvalue weighted by atomic mass is 9.44. The number of nitrogens with zero attached hydrogens (tertiary/aromatic N) is 2. The normalized spacial score (nSPS) is 40.6. The molecule has 8 aliphatic rings. The topological polar surface area (TPSA) is 131 Å². The van der Waals surface area contributed by atoms with Gasteiger partial charge in [-0.15, -0.1) is 0 Å². The minimum absolute atomic E-state index is 0.00178. The van der Waals surface area contributed by atoms with Gasteiger partial charge >= 0.3 is 23.9 Å². The predicted molar refractivity (Wildman–Crippen MR) is 276 cm³/mol. The molecule has 18 atom stereocenters. The van der Waals surface area contributed by atoms with E-state index in [1.54, 1.807) is 49.1 Å². The van der Waals surface area contributed by atoms with Crippen LogP contribution in [-0.2, 0) is 28.5 Å². The highest BCUT2D eigenvalue weighted by Crippen LogP contribution is 2.70. The van der Waals surface area contributed by atoms with Gasteiger partial charge in [0.2, 0.25) is 0 Å². The lowest BCUT2D eigenvalue weighted by Crippen LogP contribution is -2.54. The Morgan fingerprint density at radius 1 is 0.500 bits per heavy atom. The van der Waals surface area contributed by atoms with Gasteiger partial charge in [-0.2, -0.15) is 0 Å². The Labute approximate surface area is 431 Å². The molecular formula is C62H88N2O8. The third-order valence-corrected chi connectivity index (χ3v) is 23.4. The third kappa shape index (κ3) is 9.82. The summed E-state index contributed by atoms with van der Waals surface area (Å²) in [5.74, 6) is 7.06. The van der Waals surface area contributed by atoms with Crippen LogP contribution in [0.5, 0.6) is 0 Å². The summed E-state index contributed by atoms with van der Waals surface area (Å²) >= 11 is 0. The molecule has 0 aromatic carbocycles. The smallest absolute Gasteiger partial charge is 0.338 e. The molecule has 394 valence electrons. The van der Waals surface area contributed by atoms with E-state index < -0.39 is 0 Å². The fraction of sp³-hybridized carbons (Fsp3) is 0.774. The second-order valence-electron chi connectivity index (χ2n) is 26.3.